The lowest BCUT2D eigenvalue weighted by Gasteiger charge is -1.97. The van der Waals surface area contributed by atoms with E-state index in [1.807, 2.05) is 6.20 Å². The largest absolute Gasteiger partial charge is 0.346 e. The van der Waals surface area contributed by atoms with Gasteiger partial charge >= 0.3 is 0 Å². The molecule has 0 fully saturated rings. The number of aromatic amines is 1. The normalized spacial score (nSPS) is 10.8. The van der Waals surface area contributed by atoms with Crippen molar-refractivity contribution < 1.29 is 0 Å². The number of rotatable bonds is 8. The van der Waals surface area contributed by atoms with Crippen LogP contribution in [0.4, 0.5) is 0 Å². The van der Waals surface area contributed by atoms with E-state index >= 15 is 0 Å². The van der Waals surface area contributed by atoms with Crippen LogP contribution in [0.3, 0.4) is 0 Å². The molecule has 1 aromatic heterocycles. The molecular weight excluding hydrogens is 184 g/mol. The highest BCUT2D eigenvalue weighted by Crippen LogP contribution is 2.07. The smallest absolute Gasteiger partial charge is 0.106 e. The zero-order valence-electron chi connectivity index (χ0n) is 10.2. The van der Waals surface area contributed by atoms with Crippen LogP contribution >= 0.6 is 0 Å². The van der Waals surface area contributed by atoms with E-state index in [0.717, 1.165) is 6.42 Å². The Morgan fingerprint density at radius 2 is 1.80 bits per heavy atom. The quantitative estimate of drug-likeness (QED) is 0.645. The highest BCUT2D eigenvalue weighted by atomic mass is 14.9. The van der Waals surface area contributed by atoms with Gasteiger partial charge in [-0.3, -0.25) is 0 Å². The Morgan fingerprint density at radius 1 is 1.00 bits per heavy atom. The maximum absolute atomic E-state index is 4.40. The van der Waals surface area contributed by atoms with Crippen LogP contribution in [-0.2, 0) is 12.8 Å². The van der Waals surface area contributed by atoms with Crippen LogP contribution in [0.5, 0.6) is 0 Å². The van der Waals surface area contributed by atoms with E-state index in [9.17, 15) is 0 Å². The predicted molar refractivity (Wildman–Crippen MR) is 65.0 cm³/mol. The van der Waals surface area contributed by atoms with Crippen molar-refractivity contribution in [3.63, 3.8) is 0 Å². The van der Waals surface area contributed by atoms with Gasteiger partial charge in [0.1, 0.15) is 5.82 Å². The van der Waals surface area contributed by atoms with E-state index in [1.165, 1.54) is 56.5 Å². The Hall–Kier alpha value is -0.790. The average molecular weight is 208 g/mol. The van der Waals surface area contributed by atoms with Crippen molar-refractivity contribution in [2.75, 3.05) is 0 Å². The molecule has 0 aliphatic rings. The van der Waals surface area contributed by atoms with Crippen LogP contribution in [0.2, 0.25) is 0 Å². The Bertz CT molecular complexity index is 253. The van der Waals surface area contributed by atoms with E-state index in [4.69, 9.17) is 0 Å². The number of aryl methyl sites for hydroxylation is 2. The third kappa shape index (κ3) is 5.01. The van der Waals surface area contributed by atoms with Gasteiger partial charge < -0.3 is 4.98 Å². The van der Waals surface area contributed by atoms with Crippen molar-refractivity contribution in [3.05, 3.63) is 17.7 Å². The number of imidazole rings is 1. The first-order valence-corrected chi connectivity index (χ1v) is 6.39. The van der Waals surface area contributed by atoms with Crippen molar-refractivity contribution in [2.24, 2.45) is 0 Å². The van der Waals surface area contributed by atoms with Gasteiger partial charge in [0.2, 0.25) is 0 Å². The van der Waals surface area contributed by atoms with Gasteiger partial charge in [-0.15, -0.1) is 0 Å². The van der Waals surface area contributed by atoms with Gasteiger partial charge in [-0.05, 0) is 19.3 Å². The third-order valence-electron chi connectivity index (χ3n) is 2.75. The fourth-order valence-corrected chi connectivity index (χ4v) is 1.75. The second-order valence-electron chi connectivity index (χ2n) is 4.27. The molecule has 1 N–H and O–H groups in total. The molecule has 2 nitrogen and oxygen atoms in total. The predicted octanol–water partition coefficient (Wildman–Crippen LogP) is 3.88. The molecule has 0 aliphatic heterocycles. The van der Waals surface area contributed by atoms with Crippen LogP contribution in [0.1, 0.15) is 63.9 Å². The summed E-state index contributed by atoms with van der Waals surface area (Å²) in [4.78, 5) is 7.81. The molecule has 0 spiro atoms. The summed E-state index contributed by atoms with van der Waals surface area (Å²) in [5.74, 6) is 1.17. The van der Waals surface area contributed by atoms with E-state index in [-0.39, 0.29) is 0 Å². The fraction of sp³-hybridized carbons (Fsp3) is 0.769. The second kappa shape index (κ2) is 7.49. The topological polar surface area (TPSA) is 28.7 Å². The van der Waals surface area contributed by atoms with Crippen LogP contribution in [0, 0.1) is 0 Å². The molecule has 0 bridgehead atoms. The zero-order chi connectivity index (χ0) is 10.9. The molecule has 2 heteroatoms. The van der Waals surface area contributed by atoms with Crippen molar-refractivity contribution in [1.29, 1.82) is 0 Å². The molecule has 0 amide bonds. The summed E-state index contributed by atoms with van der Waals surface area (Å²) in [5, 5.41) is 0. The zero-order valence-corrected chi connectivity index (χ0v) is 10.2. The summed E-state index contributed by atoms with van der Waals surface area (Å²) < 4.78 is 0. The van der Waals surface area contributed by atoms with Crippen molar-refractivity contribution in [3.8, 4) is 0 Å². The van der Waals surface area contributed by atoms with Crippen molar-refractivity contribution in [1.82, 2.24) is 9.97 Å². The highest BCUT2D eigenvalue weighted by molar-refractivity contribution is 5.01. The minimum absolute atomic E-state index is 1.10. The molecule has 86 valence electrons. The van der Waals surface area contributed by atoms with Gasteiger partial charge in [-0.25, -0.2) is 4.98 Å². The second-order valence-corrected chi connectivity index (χ2v) is 4.27. The number of unbranched alkanes of at least 4 members (excludes halogenated alkanes) is 4. The van der Waals surface area contributed by atoms with Crippen LogP contribution in [0.25, 0.3) is 0 Å². The number of H-pyrrole nitrogens is 1. The molecule has 0 aliphatic carbocycles. The molecule has 0 saturated heterocycles. The molecule has 0 atom stereocenters. The molecular formula is C13H24N2. The Morgan fingerprint density at radius 3 is 2.53 bits per heavy atom. The van der Waals surface area contributed by atoms with Gasteiger partial charge in [0.05, 0.1) is 0 Å². The van der Waals surface area contributed by atoms with E-state index in [0.29, 0.717) is 0 Å². The van der Waals surface area contributed by atoms with Crippen LogP contribution in [-0.4, -0.2) is 9.97 Å². The summed E-state index contributed by atoms with van der Waals surface area (Å²) in [6.45, 7) is 4.47. The molecule has 0 saturated carbocycles. The van der Waals surface area contributed by atoms with E-state index in [1.54, 1.807) is 0 Å². The van der Waals surface area contributed by atoms with E-state index in [2.05, 4.69) is 23.8 Å². The highest BCUT2D eigenvalue weighted by Gasteiger charge is 1.99. The first-order valence-electron chi connectivity index (χ1n) is 6.39. The van der Waals surface area contributed by atoms with Crippen LogP contribution < -0.4 is 0 Å². The summed E-state index contributed by atoms with van der Waals surface area (Å²) in [6, 6.07) is 0. The monoisotopic (exact) mass is 208 g/mol. The van der Waals surface area contributed by atoms with Crippen molar-refractivity contribution >= 4 is 0 Å². The summed E-state index contributed by atoms with van der Waals surface area (Å²) in [6.07, 6.45) is 12.1. The fourth-order valence-electron chi connectivity index (χ4n) is 1.75. The van der Waals surface area contributed by atoms with E-state index < -0.39 is 0 Å². The lowest BCUT2D eigenvalue weighted by Crippen LogP contribution is -1.89. The Balaban J connectivity index is 2.20. The van der Waals surface area contributed by atoms with Crippen LogP contribution in [0.15, 0.2) is 6.20 Å². The number of aromatic nitrogens is 2. The molecule has 0 aromatic carbocycles. The molecule has 1 heterocycles. The molecule has 0 unspecified atom stereocenters. The molecule has 15 heavy (non-hydrogen) atoms. The van der Waals surface area contributed by atoms with Gasteiger partial charge in [0.15, 0.2) is 0 Å². The number of nitrogens with one attached hydrogen (secondary N) is 1. The third-order valence-corrected chi connectivity index (χ3v) is 2.75. The molecule has 1 rings (SSSR count). The Labute approximate surface area is 93.5 Å². The minimum Gasteiger partial charge on any atom is -0.346 e. The van der Waals surface area contributed by atoms with Crippen molar-refractivity contribution in [2.45, 2.75) is 65.2 Å². The summed E-state index contributed by atoms with van der Waals surface area (Å²) in [7, 11) is 0. The van der Waals surface area contributed by atoms with Gasteiger partial charge in [-0.2, -0.15) is 0 Å². The number of hydrogen-bond acceptors (Lipinski definition) is 1. The first-order chi connectivity index (χ1) is 7.36. The SMILES string of the molecule is CCCCCCc1cnc(CCCC)[nH]1. The van der Waals surface area contributed by atoms with Gasteiger partial charge in [-0.1, -0.05) is 39.5 Å². The maximum atomic E-state index is 4.40. The number of nitrogens with zero attached hydrogens (tertiary/aromatic N) is 1. The standard InChI is InChI=1S/C13H24N2/c1-3-5-7-8-9-12-11-14-13(15-12)10-6-4-2/h11H,3-10H2,1-2H3,(H,14,15). The lowest BCUT2D eigenvalue weighted by molar-refractivity contribution is 0.660. The first kappa shape index (κ1) is 12.3. The number of hydrogen-bond donors (Lipinski definition) is 1. The van der Waals surface area contributed by atoms with Gasteiger partial charge in [0, 0.05) is 18.3 Å². The average Bonchev–Trinajstić information content (AvgIpc) is 2.69. The lowest BCUT2D eigenvalue weighted by atomic mass is 10.1. The molecule has 0 radical (unpaired) electrons. The Kier molecular flexibility index (Phi) is 6.14. The maximum Gasteiger partial charge on any atom is 0.106 e. The molecule has 1 aromatic rings. The van der Waals surface area contributed by atoms with Gasteiger partial charge in [0.25, 0.3) is 0 Å². The minimum atomic E-state index is 1.10. The summed E-state index contributed by atoms with van der Waals surface area (Å²) in [5.41, 5.74) is 1.32. The summed E-state index contributed by atoms with van der Waals surface area (Å²) >= 11 is 0.